The molecule has 1 fully saturated rings. The molecule has 0 spiro atoms. The number of pyridine rings is 1. The van der Waals surface area contributed by atoms with Gasteiger partial charge in [-0.15, -0.1) is 0 Å². The SMILES string of the molecule is CC(C)CNC(=O)c1nc(C(=O)NC2CCCCCC2)n2ccccc12. The predicted octanol–water partition coefficient (Wildman–Crippen LogP) is 3.17. The number of carbonyl (C=O) groups is 2. The zero-order valence-electron chi connectivity index (χ0n) is 15.6. The molecule has 6 heteroatoms. The van der Waals surface area contributed by atoms with Gasteiger partial charge in [0.1, 0.15) is 0 Å². The molecule has 0 bridgehead atoms. The molecular formula is C20H28N4O2. The number of hydrogen-bond acceptors (Lipinski definition) is 3. The molecule has 0 aliphatic heterocycles. The molecule has 2 N–H and O–H groups in total. The molecule has 2 aromatic heterocycles. The third-order valence-corrected chi connectivity index (χ3v) is 4.83. The van der Waals surface area contributed by atoms with Crippen molar-refractivity contribution < 1.29 is 9.59 Å². The Hall–Kier alpha value is -2.37. The second kappa shape index (κ2) is 8.34. The Balaban J connectivity index is 1.83. The number of hydrogen-bond donors (Lipinski definition) is 2. The zero-order chi connectivity index (χ0) is 18.5. The zero-order valence-corrected chi connectivity index (χ0v) is 15.6. The summed E-state index contributed by atoms with van der Waals surface area (Å²) < 4.78 is 1.70. The van der Waals surface area contributed by atoms with Gasteiger partial charge in [0.15, 0.2) is 5.69 Å². The van der Waals surface area contributed by atoms with Crippen molar-refractivity contribution >= 4 is 17.3 Å². The number of nitrogens with zero attached hydrogens (tertiary/aromatic N) is 2. The highest BCUT2D eigenvalue weighted by molar-refractivity contribution is 6.02. The van der Waals surface area contributed by atoms with Crippen LogP contribution in [0.3, 0.4) is 0 Å². The molecule has 3 rings (SSSR count). The molecule has 140 valence electrons. The monoisotopic (exact) mass is 356 g/mol. The van der Waals surface area contributed by atoms with Crippen molar-refractivity contribution in [2.75, 3.05) is 6.54 Å². The van der Waals surface area contributed by atoms with Crippen LogP contribution in [0.2, 0.25) is 0 Å². The third-order valence-electron chi connectivity index (χ3n) is 4.83. The number of imidazole rings is 1. The van der Waals surface area contributed by atoms with Gasteiger partial charge in [-0.2, -0.15) is 0 Å². The molecule has 0 unspecified atom stereocenters. The van der Waals surface area contributed by atoms with Gasteiger partial charge in [0.2, 0.25) is 5.82 Å². The van der Waals surface area contributed by atoms with Crippen LogP contribution >= 0.6 is 0 Å². The largest absolute Gasteiger partial charge is 0.350 e. The lowest BCUT2D eigenvalue weighted by atomic mass is 10.1. The first-order valence-electron chi connectivity index (χ1n) is 9.62. The lowest BCUT2D eigenvalue weighted by Gasteiger charge is -2.15. The fraction of sp³-hybridized carbons (Fsp3) is 0.550. The van der Waals surface area contributed by atoms with Crippen LogP contribution in [0, 0.1) is 5.92 Å². The van der Waals surface area contributed by atoms with Gasteiger partial charge in [-0.3, -0.25) is 14.0 Å². The van der Waals surface area contributed by atoms with Gasteiger partial charge in [-0.05, 0) is 30.9 Å². The van der Waals surface area contributed by atoms with Crippen LogP contribution in [0.25, 0.3) is 5.52 Å². The van der Waals surface area contributed by atoms with Gasteiger partial charge in [-0.1, -0.05) is 45.6 Å². The predicted molar refractivity (Wildman–Crippen MR) is 101 cm³/mol. The van der Waals surface area contributed by atoms with Crippen molar-refractivity contribution in [3.05, 3.63) is 35.9 Å². The molecule has 0 radical (unpaired) electrons. The summed E-state index contributed by atoms with van der Waals surface area (Å²) >= 11 is 0. The van der Waals surface area contributed by atoms with E-state index in [-0.39, 0.29) is 23.7 Å². The number of amides is 2. The molecule has 2 aromatic rings. The summed E-state index contributed by atoms with van der Waals surface area (Å²) in [5.74, 6) is 0.183. The van der Waals surface area contributed by atoms with E-state index in [2.05, 4.69) is 15.6 Å². The minimum Gasteiger partial charge on any atom is -0.350 e. The Bertz CT molecular complexity index is 773. The smallest absolute Gasteiger partial charge is 0.287 e. The number of aromatic nitrogens is 2. The lowest BCUT2D eigenvalue weighted by molar-refractivity contribution is 0.0922. The maximum absolute atomic E-state index is 12.8. The van der Waals surface area contributed by atoms with Crippen molar-refractivity contribution in [2.24, 2.45) is 5.92 Å². The molecule has 1 saturated carbocycles. The average Bonchev–Trinajstić information content (AvgIpc) is 2.83. The first-order chi connectivity index (χ1) is 12.6. The molecule has 2 heterocycles. The molecule has 0 saturated heterocycles. The average molecular weight is 356 g/mol. The fourth-order valence-corrected chi connectivity index (χ4v) is 3.42. The summed E-state index contributed by atoms with van der Waals surface area (Å²) in [7, 11) is 0. The summed E-state index contributed by atoms with van der Waals surface area (Å²) in [5.41, 5.74) is 0.956. The second-order valence-electron chi connectivity index (χ2n) is 7.51. The minimum absolute atomic E-state index is 0.194. The van der Waals surface area contributed by atoms with E-state index in [9.17, 15) is 9.59 Å². The van der Waals surface area contributed by atoms with Gasteiger partial charge in [0.25, 0.3) is 11.8 Å². The summed E-state index contributed by atoms with van der Waals surface area (Å²) in [6.07, 6.45) is 8.57. The molecular weight excluding hydrogens is 328 g/mol. The standard InChI is InChI=1S/C20H28N4O2/c1-14(2)13-21-19(25)17-16-11-7-8-12-24(16)18(23-17)20(26)22-15-9-5-3-4-6-10-15/h7-8,11-12,14-15H,3-6,9-10,13H2,1-2H3,(H,21,25)(H,22,26). The van der Waals surface area contributed by atoms with Gasteiger partial charge >= 0.3 is 0 Å². The van der Waals surface area contributed by atoms with E-state index < -0.39 is 0 Å². The normalized spacial score (nSPS) is 15.8. The first-order valence-corrected chi connectivity index (χ1v) is 9.62. The van der Waals surface area contributed by atoms with Crippen LogP contribution in [0.15, 0.2) is 24.4 Å². The van der Waals surface area contributed by atoms with Crippen LogP contribution in [0.1, 0.15) is 73.5 Å². The van der Waals surface area contributed by atoms with E-state index >= 15 is 0 Å². The second-order valence-corrected chi connectivity index (χ2v) is 7.51. The topological polar surface area (TPSA) is 75.5 Å². The van der Waals surface area contributed by atoms with Crippen LogP contribution < -0.4 is 10.6 Å². The van der Waals surface area contributed by atoms with E-state index in [1.54, 1.807) is 10.6 Å². The summed E-state index contributed by atoms with van der Waals surface area (Å²) in [4.78, 5) is 29.7. The van der Waals surface area contributed by atoms with Crippen LogP contribution in [-0.4, -0.2) is 33.8 Å². The van der Waals surface area contributed by atoms with Crippen molar-refractivity contribution in [1.29, 1.82) is 0 Å². The summed E-state index contributed by atoms with van der Waals surface area (Å²) in [6, 6.07) is 5.70. The highest BCUT2D eigenvalue weighted by Crippen LogP contribution is 2.18. The van der Waals surface area contributed by atoms with Crippen molar-refractivity contribution in [2.45, 2.75) is 58.4 Å². The molecule has 0 atom stereocenters. The van der Waals surface area contributed by atoms with E-state index in [4.69, 9.17) is 0 Å². The van der Waals surface area contributed by atoms with Gasteiger partial charge in [0, 0.05) is 18.8 Å². The molecule has 0 aromatic carbocycles. The maximum Gasteiger partial charge on any atom is 0.287 e. The van der Waals surface area contributed by atoms with Gasteiger partial charge in [-0.25, -0.2) is 4.98 Å². The van der Waals surface area contributed by atoms with Crippen LogP contribution in [0.5, 0.6) is 0 Å². The molecule has 6 nitrogen and oxygen atoms in total. The Kier molecular flexibility index (Phi) is 5.91. The van der Waals surface area contributed by atoms with Gasteiger partial charge < -0.3 is 10.6 Å². The Labute approximate surface area is 154 Å². The quantitative estimate of drug-likeness (QED) is 0.808. The summed E-state index contributed by atoms with van der Waals surface area (Å²) in [5, 5.41) is 6.00. The molecule has 26 heavy (non-hydrogen) atoms. The molecule has 1 aliphatic rings. The van der Waals surface area contributed by atoms with Crippen LogP contribution in [-0.2, 0) is 0 Å². The van der Waals surface area contributed by atoms with E-state index in [0.29, 0.717) is 23.7 Å². The summed E-state index contributed by atoms with van der Waals surface area (Å²) in [6.45, 7) is 4.66. The number of nitrogens with one attached hydrogen (secondary N) is 2. The highest BCUT2D eigenvalue weighted by atomic mass is 16.2. The number of fused-ring (bicyclic) bond motifs is 1. The lowest BCUT2D eigenvalue weighted by Crippen LogP contribution is -2.35. The number of rotatable bonds is 5. The Morgan fingerprint density at radius 3 is 2.58 bits per heavy atom. The minimum atomic E-state index is -0.240. The van der Waals surface area contributed by atoms with Crippen molar-refractivity contribution in [3.63, 3.8) is 0 Å². The Morgan fingerprint density at radius 1 is 1.15 bits per heavy atom. The van der Waals surface area contributed by atoms with Crippen molar-refractivity contribution in [1.82, 2.24) is 20.0 Å². The van der Waals surface area contributed by atoms with E-state index in [1.807, 2.05) is 32.0 Å². The van der Waals surface area contributed by atoms with Gasteiger partial charge in [0.05, 0.1) is 5.52 Å². The fourth-order valence-electron chi connectivity index (χ4n) is 3.42. The van der Waals surface area contributed by atoms with Crippen molar-refractivity contribution in [3.8, 4) is 0 Å². The van der Waals surface area contributed by atoms with E-state index in [0.717, 1.165) is 25.7 Å². The Morgan fingerprint density at radius 2 is 1.88 bits per heavy atom. The number of carbonyl (C=O) groups excluding carboxylic acids is 2. The van der Waals surface area contributed by atoms with E-state index in [1.165, 1.54) is 12.8 Å². The maximum atomic E-state index is 12.8. The molecule has 1 aliphatic carbocycles. The molecule has 2 amide bonds. The van der Waals surface area contributed by atoms with Crippen LogP contribution in [0.4, 0.5) is 0 Å². The third kappa shape index (κ3) is 4.23. The first kappa shape index (κ1) is 18.4. The highest BCUT2D eigenvalue weighted by Gasteiger charge is 2.23.